The number of ether oxygens (including phenoxy) is 1. The van der Waals surface area contributed by atoms with E-state index in [2.05, 4.69) is 15.6 Å². The molecule has 0 bridgehead atoms. The van der Waals surface area contributed by atoms with Gasteiger partial charge in [0, 0.05) is 18.7 Å². The Kier molecular flexibility index (Phi) is 7.19. The minimum Gasteiger partial charge on any atom is -0.425 e. The molecule has 0 radical (unpaired) electrons. The van der Waals surface area contributed by atoms with Crippen molar-refractivity contribution in [3.8, 4) is 11.9 Å². The summed E-state index contributed by atoms with van der Waals surface area (Å²) < 4.78 is 5.58. The van der Waals surface area contributed by atoms with Crippen molar-refractivity contribution in [1.29, 1.82) is 5.26 Å². The Balaban J connectivity index is 2.04. The average Bonchev–Trinajstić information content (AvgIpc) is 2.61. The standard InChI is InChI=1S/C20H22N4O2/c1-15(2)12-19(25)24-18-11-7-6-8-16(18)13-22-20(23-14-21)26-17-9-4-3-5-10-17/h3-11,15H,12-13H2,1-2H3,(H,22,23)(H,24,25). The van der Waals surface area contributed by atoms with Gasteiger partial charge in [0.2, 0.25) is 12.1 Å². The lowest BCUT2D eigenvalue weighted by molar-refractivity contribution is -0.116. The fraction of sp³-hybridized carbons (Fsp3) is 0.250. The molecule has 0 atom stereocenters. The van der Waals surface area contributed by atoms with E-state index in [4.69, 9.17) is 10.00 Å². The highest BCUT2D eigenvalue weighted by molar-refractivity contribution is 5.91. The van der Waals surface area contributed by atoms with Gasteiger partial charge in [-0.25, -0.2) is 0 Å². The fourth-order valence-electron chi connectivity index (χ4n) is 2.28. The van der Waals surface area contributed by atoms with E-state index in [1.165, 1.54) is 0 Å². The van der Waals surface area contributed by atoms with E-state index >= 15 is 0 Å². The summed E-state index contributed by atoms with van der Waals surface area (Å²) in [4.78, 5) is 15.7. The minimum absolute atomic E-state index is 0.0288. The van der Waals surface area contributed by atoms with Crippen LogP contribution in [0.25, 0.3) is 0 Å². The Morgan fingerprint density at radius 1 is 1.15 bits per heavy atom. The van der Waals surface area contributed by atoms with Crippen LogP contribution in [-0.4, -0.2) is 11.9 Å². The first-order valence-electron chi connectivity index (χ1n) is 8.39. The number of hydrogen-bond donors (Lipinski definition) is 2. The maximum Gasteiger partial charge on any atom is 0.305 e. The van der Waals surface area contributed by atoms with Gasteiger partial charge in [0.25, 0.3) is 0 Å². The molecule has 6 nitrogen and oxygen atoms in total. The molecule has 0 heterocycles. The van der Waals surface area contributed by atoms with Crippen LogP contribution in [0.15, 0.2) is 59.6 Å². The molecular formula is C20H22N4O2. The molecule has 2 N–H and O–H groups in total. The third kappa shape index (κ3) is 6.29. The van der Waals surface area contributed by atoms with Gasteiger partial charge in [-0.05, 0) is 29.7 Å². The first-order chi connectivity index (χ1) is 12.6. The number of carbonyl (C=O) groups is 1. The molecule has 0 aliphatic rings. The minimum atomic E-state index is -0.0288. The van der Waals surface area contributed by atoms with Crippen LogP contribution >= 0.6 is 0 Å². The lowest BCUT2D eigenvalue weighted by Gasteiger charge is -2.14. The van der Waals surface area contributed by atoms with Gasteiger partial charge in [-0.1, -0.05) is 50.2 Å². The Labute approximate surface area is 153 Å². The molecule has 0 fully saturated rings. The molecule has 0 spiro atoms. The molecule has 1 amide bonds. The van der Waals surface area contributed by atoms with Gasteiger partial charge in [0.1, 0.15) is 5.75 Å². The van der Waals surface area contributed by atoms with Crippen molar-refractivity contribution in [3.63, 3.8) is 0 Å². The van der Waals surface area contributed by atoms with Crippen molar-refractivity contribution in [2.45, 2.75) is 26.8 Å². The van der Waals surface area contributed by atoms with E-state index in [-0.39, 0.29) is 17.8 Å². The van der Waals surface area contributed by atoms with Crippen molar-refractivity contribution in [2.75, 3.05) is 5.32 Å². The highest BCUT2D eigenvalue weighted by Gasteiger charge is 2.10. The lowest BCUT2D eigenvalue weighted by Crippen LogP contribution is -2.28. The van der Waals surface area contributed by atoms with Crippen LogP contribution < -0.4 is 15.4 Å². The van der Waals surface area contributed by atoms with Gasteiger partial charge in [0.15, 0.2) is 0 Å². The number of amidine groups is 1. The van der Waals surface area contributed by atoms with Crippen LogP contribution in [0.5, 0.6) is 5.75 Å². The van der Waals surface area contributed by atoms with E-state index in [1.54, 1.807) is 18.3 Å². The predicted octanol–water partition coefficient (Wildman–Crippen LogP) is 3.68. The van der Waals surface area contributed by atoms with E-state index < -0.39 is 0 Å². The maximum absolute atomic E-state index is 12.0. The van der Waals surface area contributed by atoms with Crippen LogP contribution in [0.3, 0.4) is 0 Å². The number of nitrogens with one attached hydrogen (secondary N) is 2. The smallest absolute Gasteiger partial charge is 0.305 e. The Bertz CT molecular complexity index is 795. The van der Waals surface area contributed by atoms with Gasteiger partial charge in [-0.3, -0.25) is 4.79 Å². The van der Waals surface area contributed by atoms with Crippen molar-refractivity contribution >= 4 is 17.6 Å². The zero-order valence-electron chi connectivity index (χ0n) is 14.9. The number of para-hydroxylation sites is 2. The normalized spacial score (nSPS) is 10.9. The summed E-state index contributed by atoms with van der Waals surface area (Å²) in [5.74, 6) is 0.834. The Morgan fingerprint density at radius 2 is 1.85 bits per heavy atom. The molecule has 0 unspecified atom stereocenters. The molecule has 0 saturated heterocycles. The van der Waals surface area contributed by atoms with Crippen LogP contribution in [0, 0.1) is 17.4 Å². The highest BCUT2D eigenvalue weighted by Crippen LogP contribution is 2.16. The summed E-state index contributed by atoms with van der Waals surface area (Å²) in [6.07, 6.45) is 2.18. The molecule has 134 valence electrons. The highest BCUT2D eigenvalue weighted by atomic mass is 16.5. The van der Waals surface area contributed by atoms with E-state index in [0.29, 0.717) is 18.7 Å². The molecule has 2 rings (SSSR count). The summed E-state index contributed by atoms with van der Waals surface area (Å²) in [6, 6.07) is 16.7. The van der Waals surface area contributed by atoms with Gasteiger partial charge in [-0.15, -0.1) is 4.99 Å². The number of benzene rings is 2. The summed E-state index contributed by atoms with van der Waals surface area (Å²) >= 11 is 0. The van der Waals surface area contributed by atoms with Gasteiger partial charge < -0.3 is 15.4 Å². The molecule has 0 aliphatic carbocycles. The summed E-state index contributed by atoms with van der Waals surface area (Å²) in [7, 11) is 0. The Morgan fingerprint density at radius 3 is 2.54 bits per heavy atom. The van der Waals surface area contributed by atoms with E-state index in [1.807, 2.05) is 56.3 Å². The monoisotopic (exact) mass is 350 g/mol. The van der Waals surface area contributed by atoms with E-state index in [9.17, 15) is 4.79 Å². The molecule has 2 aromatic carbocycles. The van der Waals surface area contributed by atoms with Gasteiger partial charge in [0.05, 0.1) is 0 Å². The van der Waals surface area contributed by atoms with Crippen LogP contribution in [0.1, 0.15) is 25.8 Å². The molecule has 0 aliphatic heterocycles. The van der Waals surface area contributed by atoms with Crippen molar-refractivity contribution in [3.05, 3.63) is 60.2 Å². The SMILES string of the molecule is CC(C)CC(=O)Nc1ccccc1CN/C(=N/C#N)Oc1ccccc1. The fourth-order valence-corrected chi connectivity index (χ4v) is 2.28. The van der Waals surface area contributed by atoms with Gasteiger partial charge in [-0.2, -0.15) is 5.26 Å². The number of amides is 1. The summed E-state index contributed by atoms with van der Waals surface area (Å²) in [5.41, 5.74) is 1.59. The molecule has 0 aromatic heterocycles. The van der Waals surface area contributed by atoms with Crippen LogP contribution in [-0.2, 0) is 11.3 Å². The topological polar surface area (TPSA) is 86.5 Å². The first kappa shape index (κ1) is 19.0. The number of carbonyl (C=O) groups excluding carboxylic acids is 1. The molecule has 0 saturated carbocycles. The number of anilines is 1. The van der Waals surface area contributed by atoms with Crippen molar-refractivity contribution in [1.82, 2.24) is 5.32 Å². The second-order valence-corrected chi connectivity index (χ2v) is 6.09. The largest absolute Gasteiger partial charge is 0.425 e. The Hall–Kier alpha value is -3.33. The summed E-state index contributed by atoms with van der Waals surface area (Å²) in [5, 5.41) is 14.8. The van der Waals surface area contributed by atoms with Crippen molar-refractivity contribution in [2.24, 2.45) is 10.9 Å². The maximum atomic E-state index is 12.0. The zero-order chi connectivity index (χ0) is 18.8. The molecular weight excluding hydrogens is 328 g/mol. The van der Waals surface area contributed by atoms with Crippen molar-refractivity contribution < 1.29 is 9.53 Å². The average molecular weight is 350 g/mol. The third-order valence-electron chi connectivity index (χ3n) is 3.42. The van der Waals surface area contributed by atoms with Crippen LogP contribution in [0.2, 0.25) is 0 Å². The molecule has 6 heteroatoms. The predicted molar refractivity (Wildman–Crippen MR) is 101 cm³/mol. The molecule has 26 heavy (non-hydrogen) atoms. The first-order valence-corrected chi connectivity index (χ1v) is 8.39. The lowest BCUT2D eigenvalue weighted by atomic mass is 10.1. The number of nitriles is 1. The third-order valence-corrected chi connectivity index (χ3v) is 3.42. The number of aliphatic imine (C=N–C) groups is 1. The number of rotatable bonds is 6. The second kappa shape index (κ2) is 9.84. The quantitative estimate of drug-likeness (QED) is 0.473. The van der Waals surface area contributed by atoms with E-state index in [0.717, 1.165) is 11.3 Å². The van der Waals surface area contributed by atoms with Gasteiger partial charge >= 0.3 is 6.02 Å². The molecule has 2 aromatic rings. The number of hydrogen-bond acceptors (Lipinski definition) is 4. The summed E-state index contributed by atoms with van der Waals surface area (Å²) in [6.45, 7) is 4.35. The number of nitrogens with zero attached hydrogens (tertiary/aromatic N) is 2. The van der Waals surface area contributed by atoms with Crippen LogP contribution in [0.4, 0.5) is 5.69 Å². The second-order valence-electron chi connectivity index (χ2n) is 6.09. The zero-order valence-corrected chi connectivity index (χ0v) is 14.9.